The van der Waals surface area contributed by atoms with Crippen LogP contribution in [-0.4, -0.2) is 9.55 Å². The Morgan fingerprint density at radius 2 is 1.95 bits per heavy atom. The Hall–Kier alpha value is -1.46. The Kier molecular flexibility index (Phi) is 3.26. The van der Waals surface area contributed by atoms with Gasteiger partial charge in [-0.25, -0.2) is 4.39 Å². The van der Waals surface area contributed by atoms with Crippen molar-refractivity contribution in [3.63, 3.8) is 0 Å². The molecule has 1 heterocycles. The van der Waals surface area contributed by atoms with E-state index in [1.54, 1.807) is 6.07 Å². The van der Waals surface area contributed by atoms with Crippen molar-refractivity contribution in [1.82, 2.24) is 9.55 Å². The number of aromatic nitrogens is 2. The summed E-state index contributed by atoms with van der Waals surface area (Å²) < 4.78 is 16.5. The molecule has 102 valence electrons. The smallest absolute Gasteiger partial charge is 0.182 e. The first kappa shape index (κ1) is 13.5. The van der Waals surface area contributed by atoms with Gasteiger partial charge >= 0.3 is 0 Å². The van der Waals surface area contributed by atoms with Crippen molar-refractivity contribution >= 4 is 39.2 Å². The highest BCUT2D eigenvalue weighted by Gasteiger charge is 2.11. The largest absolute Gasteiger partial charge is 0.330 e. The minimum atomic E-state index is -0.304. The van der Waals surface area contributed by atoms with Gasteiger partial charge in [-0.05, 0) is 59.7 Å². The maximum absolute atomic E-state index is 13.6. The van der Waals surface area contributed by atoms with Gasteiger partial charge in [0, 0.05) is 6.07 Å². The SMILES string of the molecule is Cc1ccc(-n2c(=S)[nH]c3cc(F)c(Br)cc32)c(C)c1. The third-order valence-corrected chi connectivity index (χ3v) is 4.21. The highest BCUT2D eigenvalue weighted by Crippen LogP contribution is 2.27. The molecule has 0 radical (unpaired) electrons. The minimum Gasteiger partial charge on any atom is -0.330 e. The molecule has 1 aromatic heterocycles. The lowest BCUT2D eigenvalue weighted by atomic mass is 10.1. The van der Waals surface area contributed by atoms with Crippen molar-refractivity contribution in [2.24, 2.45) is 0 Å². The van der Waals surface area contributed by atoms with Gasteiger partial charge in [-0.3, -0.25) is 4.57 Å². The second kappa shape index (κ2) is 4.82. The Labute approximate surface area is 129 Å². The van der Waals surface area contributed by atoms with Gasteiger partial charge in [-0.2, -0.15) is 0 Å². The zero-order valence-electron chi connectivity index (χ0n) is 11.0. The summed E-state index contributed by atoms with van der Waals surface area (Å²) in [5, 5.41) is 0. The summed E-state index contributed by atoms with van der Waals surface area (Å²) in [5.41, 5.74) is 4.88. The molecule has 3 rings (SSSR count). The Morgan fingerprint density at radius 1 is 1.20 bits per heavy atom. The maximum atomic E-state index is 13.6. The van der Waals surface area contributed by atoms with Gasteiger partial charge in [0.2, 0.25) is 0 Å². The molecule has 1 N–H and O–H groups in total. The van der Waals surface area contributed by atoms with Crippen LogP contribution in [0.5, 0.6) is 0 Å². The van der Waals surface area contributed by atoms with Gasteiger partial charge in [0.25, 0.3) is 0 Å². The molecule has 0 amide bonds. The van der Waals surface area contributed by atoms with E-state index >= 15 is 0 Å². The number of rotatable bonds is 1. The van der Waals surface area contributed by atoms with E-state index < -0.39 is 0 Å². The highest BCUT2D eigenvalue weighted by molar-refractivity contribution is 9.10. The fraction of sp³-hybridized carbons (Fsp3) is 0.133. The molecule has 3 aromatic rings. The summed E-state index contributed by atoms with van der Waals surface area (Å²) in [5.74, 6) is -0.304. The predicted molar refractivity (Wildman–Crippen MR) is 85.6 cm³/mol. The molecule has 0 spiro atoms. The molecule has 0 aliphatic rings. The number of nitrogens with zero attached hydrogens (tertiary/aromatic N) is 1. The quantitative estimate of drug-likeness (QED) is 0.597. The fourth-order valence-corrected chi connectivity index (χ4v) is 3.04. The lowest BCUT2D eigenvalue weighted by molar-refractivity contribution is 0.623. The number of H-pyrrole nitrogens is 1. The molecule has 0 atom stereocenters. The van der Waals surface area contributed by atoms with Crippen LogP contribution in [0.15, 0.2) is 34.8 Å². The summed E-state index contributed by atoms with van der Waals surface area (Å²) in [6, 6.07) is 9.38. The van der Waals surface area contributed by atoms with Crippen LogP contribution >= 0.6 is 28.1 Å². The van der Waals surface area contributed by atoms with Crippen LogP contribution < -0.4 is 0 Å². The van der Waals surface area contributed by atoms with E-state index in [0.29, 0.717) is 14.8 Å². The van der Waals surface area contributed by atoms with Crippen molar-refractivity contribution in [3.8, 4) is 5.69 Å². The molecule has 2 nitrogen and oxygen atoms in total. The first-order valence-electron chi connectivity index (χ1n) is 6.15. The van der Waals surface area contributed by atoms with Crippen LogP contribution in [0.25, 0.3) is 16.7 Å². The van der Waals surface area contributed by atoms with Gasteiger partial charge < -0.3 is 4.98 Å². The van der Waals surface area contributed by atoms with E-state index in [9.17, 15) is 4.39 Å². The number of aryl methyl sites for hydroxylation is 2. The van der Waals surface area contributed by atoms with Gasteiger partial charge in [-0.1, -0.05) is 17.7 Å². The topological polar surface area (TPSA) is 20.7 Å². The summed E-state index contributed by atoms with van der Waals surface area (Å²) >= 11 is 8.61. The number of halogens is 2. The number of aromatic amines is 1. The van der Waals surface area contributed by atoms with Crippen LogP contribution in [0.3, 0.4) is 0 Å². The molecular weight excluding hydrogens is 339 g/mol. The van der Waals surface area contributed by atoms with Crippen LogP contribution in [0.4, 0.5) is 4.39 Å². The summed E-state index contributed by atoms with van der Waals surface area (Å²) in [6.45, 7) is 4.10. The molecule has 2 aromatic carbocycles. The molecule has 5 heteroatoms. The standard InChI is InChI=1S/C15H12BrFN2S/c1-8-3-4-13(9(2)5-8)19-14-6-10(16)11(17)7-12(14)18-15(19)20/h3-7H,1-2H3,(H,18,20). The Balaban J connectivity index is 2.39. The van der Waals surface area contributed by atoms with Crippen molar-refractivity contribution in [3.05, 3.63) is 56.5 Å². The Bertz CT molecular complexity index is 879. The molecule has 0 saturated heterocycles. The molecule has 0 bridgehead atoms. The first-order chi connectivity index (χ1) is 9.47. The van der Waals surface area contributed by atoms with Gasteiger partial charge in [0.1, 0.15) is 5.82 Å². The van der Waals surface area contributed by atoms with E-state index in [-0.39, 0.29) is 5.82 Å². The summed E-state index contributed by atoms with van der Waals surface area (Å²) in [6.07, 6.45) is 0. The molecule has 0 fully saturated rings. The summed E-state index contributed by atoms with van der Waals surface area (Å²) in [7, 11) is 0. The van der Waals surface area contributed by atoms with Gasteiger partial charge in [0.15, 0.2) is 4.77 Å². The minimum absolute atomic E-state index is 0.304. The highest BCUT2D eigenvalue weighted by atomic mass is 79.9. The van der Waals surface area contributed by atoms with E-state index in [2.05, 4.69) is 33.9 Å². The lowest BCUT2D eigenvalue weighted by Gasteiger charge is -2.09. The van der Waals surface area contributed by atoms with Crippen molar-refractivity contribution < 1.29 is 4.39 Å². The van der Waals surface area contributed by atoms with E-state index in [0.717, 1.165) is 16.8 Å². The van der Waals surface area contributed by atoms with Crippen LogP contribution in [0.2, 0.25) is 0 Å². The number of nitrogens with one attached hydrogen (secondary N) is 1. The average molecular weight is 351 g/mol. The second-order valence-electron chi connectivity index (χ2n) is 4.84. The van der Waals surface area contributed by atoms with E-state index in [1.165, 1.54) is 11.6 Å². The lowest BCUT2D eigenvalue weighted by Crippen LogP contribution is -1.97. The number of benzene rings is 2. The van der Waals surface area contributed by atoms with Crippen LogP contribution in [-0.2, 0) is 0 Å². The third-order valence-electron chi connectivity index (χ3n) is 3.32. The monoisotopic (exact) mass is 350 g/mol. The number of hydrogen-bond donors (Lipinski definition) is 1. The van der Waals surface area contributed by atoms with Crippen molar-refractivity contribution in [1.29, 1.82) is 0 Å². The van der Waals surface area contributed by atoms with Crippen molar-refractivity contribution in [2.45, 2.75) is 13.8 Å². The van der Waals surface area contributed by atoms with Gasteiger partial charge in [0.05, 0.1) is 21.2 Å². The van der Waals surface area contributed by atoms with Crippen LogP contribution in [0, 0.1) is 24.4 Å². The predicted octanol–water partition coefficient (Wildman–Crippen LogP) is 5.21. The average Bonchev–Trinajstić information content (AvgIpc) is 2.66. The van der Waals surface area contributed by atoms with Gasteiger partial charge in [-0.15, -0.1) is 0 Å². The summed E-state index contributed by atoms with van der Waals surface area (Å²) in [4.78, 5) is 3.05. The third kappa shape index (κ3) is 2.11. The molecule has 0 aliphatic carbocycles. The molecule has 0 unspecified atom stereocenters. The number of hydrogen-bond acceptors (Lipinski definition) is 1. The van der Waals surface area contributed by atoms with Crippen molar-refractivity contribution in [2.75, 3.05) is 0 Å². The second-order valence-corrected chi connectivity index (χ2v) is 6.08. The molecular formula is C15H12BrFN2S. The maximum Gasteiger partial charge on any atom is 0.182 e. The molecule has 20 heavy (non-hydrogen) atoms. The molecule has 0 aliphatic heterocycles. The first-order valence-corrected chi connectivity index (χ1v) is 7.35. The number of fused-ring (bicyclic) bond motifs is 1. The number of imidazole rings is 1. The zero-order valence-corrected chi connectivity index (χ0v) is 13.4. The Morgan fingerprint density at radius 3 is 2.65 bits per heavy atom. The van der Waals surface area contributed by atoms with Crippen LogP contribution in [0.1, 0.15) is 11.1 Å². The normalized spacial score (nSPS) is 11.2. The van der Waals surface area contributed by atoms with E-state index in [1.807, 2.05) is 23.6 Å². The molecule has 0 saturated carbocycles. The zero-order chi connectivity index (χ0) is 14.4. The van der Waals surface area contributed by atoms with E-state index in [4.69, 9.17) is 12.2 Å². The fourth-order valence-electron chi connectivity index (χ4n) is 2.40.